The van der Waals surface area contributed by atoms with Gasteiger partial charge in [-0.2, -0.15) is 0 Å². The van der Waals surface area contributed by atoms with Crippen LogP contribution in [0, 0.1) is 0 Å². The standard InChI is InChI=1S/C18H30O3S.C3H9N/c1-2-3-4-5-6-7-8-9-10-11-12-17-13-15-18(16-14-17)22(19,20)21;1-3(2)4/h13-16H,2-12H2,1H3,(H,19,20,21);3H,4H2,1-2H3. The summed E-state index contributed by atoms with van der Waals surface area (Å²) in [6.45, 7) is 6.35. The summed E-state index contributed by atoms with van der Waals surface area (Å²) in [5.41, 5.74) is 4.74. The molecular weight excluding hydrogens is 346 g/mol. The minimum absolute atomic E-state index is 0.140. The number of quaternary nitrogens is 1. The van der Waals surface area contributed by atoms with Crippen molar-refractivity contribution in [2.45, 2.75) is 102 Å². The molecule has 0 aliphatic heterocycles. The summed E-state index contributed by atoms with van der Waals surface area (Å²) in [5, 5.41) is 0. The molecule has 1 aromatic rings. The van der Waals surface area contributed by atoms with Gasteiger partial charge in [-0.1, -0.05) is 76.8 Å². The molecule has 0 saturated carbocycles. The molecule has 0 saturated heterocycles. The molecule has 0 aliphatic rings. The molecule has 5 heteroatoms. The van der Waals surface area contributed by atoms with Crippen LogP contribution in [0.2, 0.25) is 0 Å². The topological polar surface area (TPSA) is 84.8 Å². The van der Waals surface area contributed by atoms with E-state index in [0.717, 1.165) is 18.4 Å². The van der Waals surface area contributed by atoms with E-state index in [1.54, 1.807) is 12.1 Å². The molecule has 0 fully saturated rings. The van der Waals surface area contributed by atoms with Crippen LogP contribution in [0.25, 0.3) is 0 Å². The third-order valence-corrected chi connectivity index (χ3v) is 4.88. The Morgan fingerprint density at radius 2 is 1.23 bits per heavy atom. The molecule has 0 radical (unpaired) electrons. The van der Waals surface area contributed by atoms with E-state index in [4.69, 9.17) is 0 Å². The van der Waals surface area contributed by atoms with Gasteiger partial charge < -0.3 is 10.3 Å². The average Bonchev–Trinajstić information content (AvgIpc) is 2.56. The second kappa shape index (κ2) is 15.2. The fraction of sp³-hybridized carbons (Fsp3) is 0.714. The van der Waals surface area contributed by atoms with E-state index in [-0.39, 0.29) is 4.90 Å². The quantitative estimate of drug-likeness (QED) is 0.418. The van der Waals surface area contributed by atoms with Gasteiger partial charge in [0.1, 0.15) is 10.1 Å². The monoisotopic (exact) mass is 385 g/mol. The van der Waals surface area contributed by atoms with Crippen LogP contribution in [0.4, 0.5) is 0 Å². The molecule has 4 nitrogen and oxygen atoms in total. The van der Waals surface area contributed by atoms with Crippen molar-refractivity contribution in [1.29, 1.82) is 0 Å². The highest BCUT2D eigenvalue weighted by atomic mass is 32.2. The second-order valence-electron chi connectivity index (χ2n) is 7.42. The fourth-order valence-electron chi connectivity index (χ4n) is 2.64. The van der Waals surface area contributed by atoms with Crippen LogP contribution < -0.4 is 5.73 Å². The first-order chi connectivity index (χ1) is 12.3. The van der Waals surface area contributed by atoms with Gasteiger partial charge in [-0.15, -0.1) is 0 Å². The Morgan fingerprint density at radius 3 is 1.62 bits per heavy atom. The summed E-state index contributed by atoms with van der Waals surface area (Å²) in [7, 11) is -4.31. The zero-order valence-corrected chi connectivity index (χ0v) is 17.8. The van der Waals surface area contributed by atoms with Gasteiger partial charge in [-0.05, 0) is 44.4 Å². The molecule has 1 aromatic carbocycles. The summed E-state index contributed by atoms with van der Waals surface area (Å²) in [5.74, 6) is 0. The SMILES string of the molecule is CC(C)[NH3+].CCCCCCCCCCCCc1ccc(S(=O)(=O)[O-])cc1. The summed E-state index contributed by atoms with van der Waals surface area (Å²) in [6, 6.07) is 6.90. The highest BCUT2D eigenvalue weighted by Crippen LogP contribution is 2.14. The first-order valence-corrected chi connectivity index (χ1v) is 11.6. The molecule has 0 spiro atoms. The smallest absolute Gasteiger partial charge is 0.124 e. The minimum Gasteiger partial charge on any atom is -0.744 e. The van der Waals surface area contributed by atoms with E-state index in [9.17, 15) is 13.0 Å². The van der Waals surface area contributed by atoms with Crippen molar-refractivity contribution in [2.75, 3.05) is 0 Å². The maximum Gasteiger partial charge on any atom is 0.124 e. The molecule has 1 rings (SSSR count). The first kappa shape index (κ1) is 25.1. The van der Waals surface area contributed by atoms with Crippen molar-refractivity contribution in [3.05, 3.63) is 29.8 Å². The molecule has 0 amide bonds. The van der Waals surface area contributed by atoms with E-state index >= 15 is 0 Å². The molecular formula is C21H39NO3S. The van der Waals surface area contributed by atoms with E-state index in [1.807, 2.05) is 0 Å². The molecule has 0 aromatic heterocycles. The van der Waals surface area contributed by atoms with E-state index in [1.165, 1.54) is 69.9 Å². The van der Waals surface area contributed by atoms with Gasteiger partial charge in [-0.25, -0.2) is 8.42 Å². The van der Waals surface area contributed by atoms with Crippen molar-refractivity contribution >= 4 is 10.1 Å². The number of unbranched alkanes of at least 4 members (excludes halogenated alkanes) is 9. The van der Waals surface area contributed by atoms with Crippen LogP contribution in [-0.2, 0) is 16.5 Å². The minimum atomic E-state index is -4.31. The Morgan fingerprint density at radius 1 is 0.846 bits per heavy atom. The Bertz CT molecular complexity index is 536. The summed E-state index contributed by atoms with van der Waals surface area (Å²) >= 11 is 0. The number of rotatable bonds is 12. The van der Waals surface area contributed by atoms with Crippen LogP contribution in [0.1, 0.15) is 90.5 Å². The Balaban J connectivity index is 0.00000141. The highest BCUT2D eigenvalue weighted by molar-refractivity contribution is 7.85. The summed E-state index contributed by atoms with van der Waals surface area (Å²) in [6.07, 6.45) is 14.0. The lowest BCUT2D eigenvalue weighted by molar-refractivity contribution is -0.407. The molecule has 152 valence electrons. The van der Waals surface area contributed by atoms with Crippen molar-refractivity contribution in [3.63, 3.8) is 0 Å². The summed E-state index contributed by atoms with van der Waals surface area (Å²) in [4.78, 5) is -0.140. The zero-order valence-electron chi connectivity index (χ0n) is 17.0. The Hall–Kier alpha value is -0.910. The van der Waals surface area contributed by atoms with E-state index < -0.39 is 10.1 Å². The Labute approximate surface area is 161 Å². The van der Waals surface area contributed by atoms with Gasteiger partial charge in [0, 0.05) is 0 Å². The molecule has 26 heavy (non-hydrogen) atoms. The lowest BCUT2D eigenvalue weighted by atomic mass is 10.0. The van der Waals surface area contributed by atoms with Crippen LogP contribution in [0.3, 0.4) is 0 Å². The van der Waals surface area contributed by atoms with E-state index in [2.05, 4.69) is 26.5 Å². The Kier molecular flexibility index (Phi) is 14.6. The maximum absolute atomic E-state index is 10.8. The normalized spacial score (nSPS) is 11.3. The zero-order chi connectivity index (χ0) is 19.8. The summed E-state index contributed by atoms with van der Waals surface area (Å²) < 4.78 is 32.5. The number of hydrogen-bond acceptors (Lipinski definition) is 3. The third-order valence-electron chi connectivity index (χ3n) is 4.03. The number of aryl methyl sites for hydroxylation is 1. The number of hydrogen-bond donors (Lipinski definition) is 1. The lowest BCUT2D eigenvalue weighted by Crippen LogP contribution is -2.57. The first-order valence-electron chi connectivity index (χ1n) is 10.1. The van der Waals surface area contributed by atoms with Gasteiger partial charge in [0.05, 0.1) is 10.9 Å². The van der Waals surface area contributed by atoms with Crippen molar-refractivity contribution in [2.24, 2.45) is 0 Å². The predicted molar refractivity (Wildman–Crippen MR) is 108 cm³/mol. The van der Waals surface area contributed by atoms with E-state index in [0.29, 0.717) is 6.04 Å². The van der Waals surface area contributed by atoms with Crippen LogP contribution in [0.15, 0.2) is 29.2 Å². The van der Waals surface area contributed by atoms with Crippen LogP contribution in [0.5, 0.6) is 0 Å². The van der Waals surface area contributed by atoms with Crippen molar-refractivity contribution in [3.8, 4) is 0 Å². The fourth-order valence-corrected chi connectivity index (χ4v) is 3.11. The van der Waals surface area contributed by atoms with Crippen molar-refractivity contribution < 1.29 is 18.7 Å². The van der Waals surface area contributed by atoms with Gasteiger partial charge in [0.15, 0.2) is 0 Å². The van der Waals surface area contributed by atoms with Crippen molar-refractivity contribution in [1.82, 2.24) is 0 Å². The average molecular weight is 386 g/mol. The lowest BCUT2D eigenvalue weighted by Gasteiger charge is -2.08. The largest absolute Gasteiger partial charge is 0.744 e. The maximum atomic E-state index is 10.8. The van der Waals surface area contributed by atoms with Gasteiger partial charge in [0.25, 0.3) is 0 Å². The van der Waals surface area contributed by atoms with Crippen LogP contribution in [-0.4, -0.2) is 19.0 Å². The molecule has 0 atom stereocenters. The molecule has 3 N–H and O–H groups in total. The van der Waals surface area contributed by atoms with Gasteiger partial charge >= 0.3 is 0 Å². The molecule has 0 unspecified atom stereocenters. The predicted octanol–water partition coefficient (Wildman–Crippen LogP) is 4.69. The van der Waals surface area contributed by atoms with Gasteiger partial charge in [0.2, 0.25) is 0 Å². The second-order valence-corrected chi connectivity index (χ2v) is 8.80. The highest BCUT2D eigenvalue weighted by Gasteiger charge is 2.01. The molecule has 0 heterocycles. The molecule has 0 aliphatic carbocycles. The third kappa shape index (κ3) is 15.4. The van der Waals surface area contributed by atoms with Crippen LogP contribution >= 0.6 is 0 Å². The molecule has 0 bridgehead atoms. The van der Waals surface area contributed by atoms with Gasteiger partial charge in [-0.3, -0.25) is 0 Å². The number of benzene rings is 1.